The SMILES string of the molecule is Cn1ccnc1C1CNCCN1S(=O)(=O)Cc1noc2ccccc12. The molecule has 0 radical (unpaired) electrons. The summed E-state index contributed by atoms with van der Waals surface area (Å²) in [5.41, 5.74) is 1.03. The second kappa shape index (κ2) is 6.25. The van der Waals surface area contributed by atoms with Crippen LogP contribution >= 0.6 is 0 Å². The third-order valence-corrected chi connectivity index (χ3v) is 6.27. The van der Waals surface area contributed by atoms with Crippen molar-refractivity contribution < 1.29 is 12.9 Å². The van der Waals surface area contributed by atoms with Gasteiger partial charge in [0.25, 0.3) is 0 Å². The van der Waals surface area contributed by atoms with Crippen LogP contribution in [0.4, 0.5) is 0 Å². The molecule has 1 unspecified atom stereocenters. The van der Waals surface area contributed by atoms with Gasteiger partial charge in [0, 0.05) is 44.5 Å². The molecule has 0 amide bonds. The lowest BCUT2D eigenvalue weighted by molar-refractivity contribution is 0.258. The first-order valence-corrected chi connectivity index (χ1v) is 9.68. The Morgan fingerprint density at radius 3 is 3.00 bits per heavy atom. The summed E-state index contributed by atoms with van der Waals surface area (Å²) in [6.07, 6.45) is 3.50. The van der Waals surface area contributed by atoms with Gasteiger partial charge in [-0.2, -0.15) is 4.31 Å². The second-order valence-electron chi connectivity index (χ2n) is 6.11. The maximum atomic E-state index is 13.1. The predicted octanol–water partition coefficient (Wildman–Crippen LogP) is 1.04. The summed E-state index contributed by atoms with van der Waals surface area (Å²) in [5.74, 6) is 0.533. The highest BCUT2D eigenvalue weighted by atomic mass is 32.2. The zero-order valence-electron chi connectivity index (χ0n) is 13.8. The number of nitrogens with one attached hydrogen (secondary N) is 1. The molecular weight excluding hydrogens is 342 g/mol. The summed E-state index contributed by atoms with van der Waals surface area (Å²) in [4.78, 5) is 4.33. The molecule has 1 aromatic carbocycles. The Kier molecular flexibility index (Phi) is 4.06. The molecule has 25 heavy (non-hydrogen) atoms. The van der Waals surface area contributed by atoms with Gasteiger partial charge in [-0.25, -0.2) is 13.4 Å². The minimum Gasteiger partial charge on any atom is -0.356 e. The number of imidazole rings is 1. The average Bonchev–Trinajstić information content (AvgIpc) is 3.21. The van der Waals surface area contributed by atoms with Gasteiger partial charge < -0.3 is 14.4 Å². The van der Waals surface area contributed by atoms with Crippen molar-refractivity contribution in [1.82, 2.24) is 24.3 Å². The van der Waals surface area contributed by atoms with Gasteiger partial charge in [-0.05, 0) is 12.1 Å². The molecule has 4 rings (SSSR count). The van der Waals surface area contributed by atoms with E-state index in [9.17, 15) is 8.42 Å². The highest BCUT2D eigenvalue weighted by molar-refractivity contribution is 7.88. The Labute approximate surface area is 145 Å². The van der Waals surface area contributed by atoms with Crippen LogP contribution in [0.5, 0.6) is 0 Å². The number of hydrogen-bond donors (Lipinski definition) is 1. The van der Waals surface area contributed by atoms with Gasteiger partial charge in [0.05, 0.1) is 6.04 Å². The van der Waals surface area contributed by atoms with E-state index < -0.39 is 10.0 Å². The topological polar surface area (TPSA) is 93.3 Å². The van der Waals surface area contributed by atoms with E-state index >= 15 is 0 Å². The van der Waals surface area contributed by atoms with Gasteiger partial charge in [0.15, 0.2) is 5.58 Å². The van der Waals surface area contributed by atoms with E-state index in [0.717, 1.165) is 11.2 Å². The minimum absolute atomic E-state index is 0.190. The van der Waals surface area contributed by atoms with Crippen molar-refractivity contribution in [1.29, 1.82) is 0 Å². The molecule has 1 aliphatic rings. The van der Waals surface area contributed by atoms with Crippen LogP contribution < -0.4 is 5.32 Å². The monoisotopic (exact) mass is 361 g/mol. The first-order valence-electron chi connectivity index (χ1n) is 8.07. The number of aryl methyl sites for hydroxylation is 1. The third kappa shape index (κ3) is 2.94. The van der Waals surface area contributed by atoms with Gasteiger partial charge in [0.2, 0.25) is 10.0 Å². The summed E-state index contributed by atoms with van der Waals surface area (Å²) in [7, 11) is -1.70. The van der Waals surface area contributed by atoms with E-state index in [1.165, 1.54) is 4.31 Å². The lowest BCUT2D eigenvalue weighted by atomic mass is 10.2. The molecule has 1 atom stereocenters. The van der Waals surface area contributed by atoms with Crippen molar-refractivity contribution in [2.45, 2.75) is 11.8 Å². The number of fused-ring (bicyclic) bond motifs is 1. The summed E-state index contributed by atoms with van der Waals surface area (Å²) in [6.45, 7) is 1.54. The first-order chi connectivity index (χ1) is 12.1. The number of piperazine rings is 1. The maximum absolute atomic E-state index is 13.1. The van der Waals surface area contributed by atoms with Crippen molar-refractivity contribution >= 4 is 21.0 Å². The maximum Gasteiger partial charge on any atom is 0.220 e. The van der Waals surface area contributed by atoms with E-state index in [1.807, 2.05) is 36.0 Å². The van der Waals surface area contributed by atoms with E-state index in [0.29, 0.717) is 30.9 Å². The summed E-state index contributed by atoms with van der Waals surface area (Å²) in [6, 6.07) is 6.94. The Balaban J connectivity index is 1.67. The molecule has 2 aromatic heterocycles. The van der Waals surface area contributed by atoms with E-state index in [4.69, 9.17) is 4.52 Å². The Morgan fingerprint density at radius 2 is 2.20 bits per heavy atom. The molecule has 0 aliphatic carbocycles. The molecule has 8 nitrogen and oxygen atoms in total. The number of rotatable bonds is 4. The largest absolute Gasteiger partial charge is 0.356 e. The van der Waals surface area contributed by atoms with Gasteiger partial charge in [-0.3, -0.25) is 0 Å². The Hall–Kier alpha value is -2.23. The highest BCUT2D eigenvalue weighted by Crippen LogP contribution is 2.27. The van der Waals surface area contributed by atoms with Crippen LogP contribution in [0.2, 0.25) is 0 Å². The van der Waals surface area contributed by atoms with Crippen LogP contribution in [0.25, 0.3) is 11.0 Å². The van der Waals surface area contributed by atoms with Gasteiger partial charge >= 0.3 is 0 Å². The molecule has 1 aliphatic heterocycles. The van der Waals surface area contributed by atoms with Gasteiger partial charge in [0.1, 0.15) is 17.3 Å². The number of nitrogens with zero attached hydrogens (tertiary/aromatic N) is 4. The fourth-order valence-corrected chi connectivity index (χ4v) is 4.88. The van der Waals surface area contributed by atoms with E-state index in [2.05, 4.69) is 15.5 Å². The minimum atomic E-state index is -3.57. The van der Waals surface area contributed by atoms with Crippen LogP contribution in [0, 0.1) is 0 Å². The first kappa shape index (κ1) is 16.2. The van der Waals surface area contributed by atoms with E-state index in [-0.39, 0.29) is 11.8 Å². The number of aromatic nitrogens is 3. The van der Waals surface area contributed by atoms with Crippen LogP contribution in [-0.4, -0.2) is 47.1 Å². The van der Waals surface area contributed by atoms with Crippen LogP contribution in [-0.2, 0) is 22.8 Å². The molecule has 1 N–H and O–H groups in total. The van der Waals surface area contributed by atoms with Crippen molar-refractivity contribution in [2.24, 2.45) is 7.05 Å². The lowest BCUT2D eigenvalue weighted by Gasteiger charge is -2.34. The summed E-state index contributed by atoms with van der Waals surface area (Å²) in [5, 5.41) is 7.94. The molecule has 1 fully saturated rings. The quantitative estimate of drug-likeness (QED) is 0.746. The summed E-state index contributed by atoms with van der Waals surface area (Å²) < 4.78 is 34.8. The smallest absolute Gasteiger partial charge is 0.220 e. The molecule has 0 bridgehead atoms. The second-order valence-corrected chi connectivity index (χ2v) is 8.03. The normalized spacial score (nSPS) is 19.5. The molecule has 0 saturated carbocycles. The average molecular weight is 361 g/mol. The van der Waals surface area contributed by atoms with Crippen LogP contribution in [0.3, 0.4) is 0 Å². The standard InChI is InChI=1S/C16H19N5O3S/c1-20-8-7-18-16(20)14-10-17-6-9-21(14)25(22,23)11-13-12-4-2-3-5-15(12)24-19-13/h2-5,7-8,14,17H,6,9-11H2,1H3. The Bertz CT molecular complexity index is 994. The molecule has 3 aromatic rings. The zero-order chi connectivity index (χ0) is 17.4. The van der Waals surface area contributed by atoms with Gasteiger partial charge in [-0.1, -0.05) is 17.3 Å². The lowest BCUT2D eigenvalue weighted by Crippen LogP contribution is -2.49. The molecular formula is C16H19N5O3S. The van der Waals surface area contributed by atoms with Gasteiger partial charge in [-0.15, -0.1) is 0 Å². The number of para-hydroxylation sites is 1. The van der Waals surface area contributed by atoms with Crippen LogP contribution in [0.1, 0.15) is 17.6 Å². The fourth-order valence-electron chi connectivity index (χ4n) is 3.23. The Morgan fingerprint density at radius 1 is 1.36 bits per heavy atom. The predicted molar refractivity (Wildman–Crippen MR) is 92.2 cm³/mol. The highest BCUT2D eigenvalue weighted by Gasteiger charge is 2.36. The number of hydrogen-bond acceptors (Lipinski definition) is 6. The zero-order valence-corrected chi connectivity index (χ0v) is 14.6. The van der Waals surface area contributed by atoms with Crippen molar-refractivity contribution in [2.75, 3.05) is 19.6 Å². The van der Waals surface area contributed by atoms with Crippen molar-refractivity contribution in [3.63, 3.8) is 0 Å². The number of sulfonamides is 1. The van der Waals surface area contributed by atoms with E-state index in [1.54, 1.807) is 12.3 Å². The third-order valence-electron chi connectivity index (χ3n) is 4.48. The molecule has 3 heterocycles. The van der Waals surface area contributed by atoms with Crippen molar-refractivity contribution in [3.05, 3.63) is 48.2 Å². The molecule has 1 saturated heterocycles. The van der Waals surface area contributed by atoms with Crippen LogP contribution in [0.15, 0.2) is 41.2 Å². The number of benzene rings is 1. The van der Waals surface area contributed by atoms with Crippen molar-refractivity contribution in [3.8, 4) is 0 Å². The fraction of sp³-hybridized carbons (Fsp3) is 0.375. The summed E-state index contributed by atoms with van der Waals surface area (Å²) >= 11 is 0. The molecule has 9 heteroatoms. The molecule has 132 valence electrons. The molecule has 0 spiro atoms.